The molecule has 1 aromatic carbocycles. The van der Waals surface area contributed by atoms with E-state index in [9.17, 15) is 13.6 Å². The highest BCUT2D eigenvalue weighted by molar-refractivity contribution is 5.98. The van der Waals surface area contributed by atoms with Gasteiger partial charge in [0.2, 0.25) is 0 Å². The normalized spacial score (nSPS) is 9.93. The summed E-state index contributed by atoms with van der Waals surface area (Å²) in [6, 6.07) is 5.56. The number of ketones is 1. The van der Waals surface area contributed by atoms with Gasteiger partial charge in [-0.1, -0.05) is 12.1 Å². The number of halogens is 2. The van der Waals surface area contributed by atoms with Crippen LogP contribution in [0.2, 0.25) is 0 Å². The minimum Gasteiger partial charge on any atom is -0.294 e. The minimum atomic E-state index is -2.73. The topological polar surface area (TPSA) is 40.9 Å². The van der Waals surface area contributed by atoms with Crippen molar-refractivity contribution in [3.05, 3.63) is 34.9 Å². The van der Waals surface area contributed by atoms with Crippen LogP contribution in [0, 0.1) is 11.3 Å². The maximum absolute atomic E-state index is 12.4. The first kappa shape index (κ1) is 10.3. The lowest BCUT2D eigenvalue weighted by molar-refractivity contribution is 0.0998. The number of carbonyl (C=O) groups excluding carboxylic acids is 1. The number of nitriles is 1. The lowest BCUT2D eigenvalue weighted by Gasteiger charge is -2.06. The van der Waals surface area contributed by atoms with Crippen LogP contribution in [-0.4, -0.2) is 5.78 Å². The Bertz CT molecular complexity index is 407. The molecule has 0 aliphatic carbocycles. The summed E-state index contributed by atoms with van der Waals surface area (Å²) in [5.41, 5.74) is -0.558. The van der Waals surface area contributed by atoms with Gasteiger partial charge in [0.25, 0.3) is 6.43 Å². The molecule has 0 bridgehead atoms. The second-order valence-electron chi connectivity index (χ2n) is 2.74. The average molecular weight is 195 g/mol. The Labute approximate surface area is 79.8 Å². The van der Waals surface area contributed by atoms with Crippen molar-refractivity contribution in [2.45, 2.75) is 13.3 Å². The monoisotopic (exact) mass is 195 g/mol. The smallest absolute Gasteiger partial charge is 0.264 e. The Kier molecular flexibility index (Phi) is 2.92. The molecule has 1 aromatic rings. The molecule has 0 aromatic heterocycles. The molecule has 0 fully saturated rings. The number of benzene rings is 1. The summed E-state index contributed by atoms with van der Waals surface area (Å²) in [5, 5.41) is 8.63. The van der Waals surface area contributed by atoms with Gasteiger partial charge in [-0.3, -0.25) is 4.79 Å². The Balaban J connectivity index is 3.45. The van der Waals surface area contributed by atoms with Gasteiger partial charge in [-0.05, 0) is 13.0 Å². The molecule has 0 N–H and O–H groups in total. The van der Waals surface area contributed by atoms with E-state index < -0.39 is 12.2 Å². The molecule has 0 heterocycles. The summed E-state index contributed by atoms with van der Waals surface area (Å²) in [6.45, 7) is 1.17. The van der Waals surface area contributed by atoms with Crippen LogP contribution in [0.4, 0.5) is 8.78 Å². The standard InChI is InChI=1S/C10H7F2NO/c1-6(14)9-7(5-13)3-2-4-8(9)10(11)12/h2-4,10H,1H3. The first-order valence-electron chi connectivity index (χ1n) is 3.90. The van der Waals surface area contributed by atoms with Gasteiger partial charge in [-0.25, -0.2) is 8.78 Å². The summed E-state index contributed by atoms with van der Waals surface area (Å²) in [6.07, 6.45) is -2.73. The second-order valence-corrected chi connectivity index (χ2v) is 2.74. The first-order chi connectivity index (χ1) is 6.57. The van der Waals surface area contributed by atoms with E-state index in [1.54, 1.807) is 6.07 Å². The number of Topliss-reactive ketones (excluding diaryl/α,β-unsaturated/α-hetero) is 1. The molecule has 0 saturated carbocycles. The molecule has 0 aliphatic heterocycles. The number of nitrogens with zero attached hydrogens (tertiary/aromatic N) is 1. The van der Waals surface area contributed by atoms with Crippen molar-refractivity contribution in [3.8, 4) is 6.07 Å². The fraction of sp³-hybridized carbons (Fsp3) is 0.200. The summed E-state index contributed by atoms with van der Waals surface area (Å²) in [5.74, 6) is -0.516. The van der Waals surface area contributed by atoms with E-state index in [2.05, 4.69) is 0 Å². The molecule has 0 saturated heterocycles. The fourth-order valence-corrected chi connectivity index (χ4v) is 1.24. The van der Waals surface area contributed by atoms with Crippen molar-refractivity contribution in [2.75, 3.05) is 0 Å². The first-order valence-corrected chi connectivity index (χ1v) is 3.90. The number of alkyl halides is 2. The van der Waals surface area contributed by atoms with E-state index in [0.29, 0.717) is 0 Å². The average Bonchev–Trinajstić information content (AvgIpc) is 2.16. The Morgan fingerprint density at radius 3 is 2.57 bits per heavy atom. The molecular weight excluding hydrogens is 188 g/mol. The van der Waals surface area contributed by atoms with Gasteiger partial charge < -0.3 is 0 Å². The van der Waals surface area contributed by atoms with Crippen LogP contribution < -0.4 is 0 Å². The lowest BCUT2D eigenvalue weighted by Crippen LogP contribution is -2.03. The molecule has 4 heteroatoms. The molecule has 1 rings (SSSR count). The van der Waals surface area contributed by atoms with Crippen molar-refractivity contribution in [1.82, 2.24) is 0 Å². The predicted molar refractivity (Wildman–Crippen MR) is 46.1 cm³/mol. The van der Waals surface area contributed by atoms with Crippen molar-refractivity contribution in [2.24, 2.45) is 0 Å². The van der Waals surface area contributed by atoms with E-state index in [-0.39, 0.29) is 16.7 Å². The third kappa shape index (κ3) is 1.77. The zero-order chi connectivity index (χ0) is 10.7. The van der Waals surface area contributed by atoms with Crippen LogP contribution in [-0.2, 0) is 0 Å². The molecule has 0 aliphatic rings. The van der Waals surface area contributed by atoms with Gasteiger partial charge in [0.05, 0.1) is 11.6 Å². The number of rotatable bonds is 2. The van der Waals surface area contributed by atoms with E-state index in [0.717, 1.165) is 6.07 Å². The third-order valence-corrected chi connectivity index (χ3v) is 1.80. The Hall–Kier alpha value is -1.76. The van der Waals surface area contributed by atoms with Crippen LogP contribution in [0.1, 0.15) is 34.8 Å². The molecule has 14 heavy (non-hydrogen) atoms. The molecule has 0 atom stereocenters. The predicted octanol–water partition coefficient (Wildman–Crippen LogP) is 2.70. The van der Waals surface area contributed by atoms with E-state index >= 15 is 0 Å². The zero-order valence-corrected chi connectivity index (χ0v) is 7.42. The highest BCUT2D eigenvalue weighted by atomic mass is 19.3. The van der Waals surface area contributed by atoms with Crippen LogP contribution in [0.25, 0.3) is 0 Å². The quantitative estimate of drug-likeness (QED) is 0.680. The zero-order valence-electron chi connectivity index (χ0n) is 7.42. The van der Waals surface area contributed by atoms with Crippen molar-refractivity contribution in [3.63, 3.8) is 0 Å². The van der Waals surface area contributed by atoms with Gasteiger partial charge >= 0.3 is 0 Å². The lowest BCUT2D eigenvalue weighted by atomic mass is 9.99. The molecule has 0 radical (unpaired) electrons. The summed E-state index contributed by atoms with van der Waals surface area (Å²) >= 11 is 0. The molecular formula is C10H7F2NO. The van der Waals surface area contributed by atoms with Crippen LogP contribution >= 0.6 is 0 Å². The SMILES string of the molecule is CC(=O)c1c(C#N)cccc1C(F)F. The number of hydrogen-bond donors (Lipinski definition) is 0. The van der Waals surface area contributed by atoms with Gasteiger partial charge in [0.1, 0.15) is 0 Å². The number of hydrogen-bond acceptors (Lipinski definition) is 2. The molecule has 2 nitrogen and oxygen atoms in total. The summed E-state index contributed by atoms with van der Waals surface area (Å²) < 4.78 is 24.9. The Morgan fingerprint density at radius 2 is 2.14 bits per heavy atom. The maximum Gasteiger partial charge on any atom is 0.264 e. The van der Waals surface area contributed by atoms with E-state index in [4.69, 9.17) is 5.26 Å². The van der Waals surface area contributed by atoms with Gasteiger partial charge in [0, 0.05) is 11.1 Å². The highest BCUT2D eigenvalue weighted by Gasteiger charge is 2.18. The van der Waals surface area contributed by atoms with Crippen LogP contribution in [0.3, 0.4) is 0 Å². The molecule has 0 spiro atoms. The number of carbonyl (C=O) groups is 1. The van der Waals surface area contributed by atoms with Gasteiger partial charge in [-0.15, -0.1) is 0 Å². The minimum absolute atomic E-state index is 0.00435. The maximum atomic E-state index is 12.4. The van der Waals surface area contributed by atoms with Gasteiger partial charge in [0.15, 0.2) is 5.78 Å². The summed E-state index contributed by atoms with van der Waals surface area (Å²) in [7, 11) is 0. The second kappa shape index (κ2) is 3.97. The van der Waals surface area contributed by atoms with Crippen molar-refractivity contribution < 1.29 is 13.6 Å². The van der Waals surface area contributed by atoms with E-state index in [1.165, 1.54) is 19.1 Å². The van der Waals surface area contributed by atoms with Crippen LogP contribution in [0.15, 0.2) is 18.2 Å². The molecule has 0 unspecified atom stereocenters. The van der Waals surface area contributed by atoms with Gasteiger partial charge in [-0.2, -0.15) is 5.26 Å². The highest BCUT2D eigenvalue weighted by Crippen LogP contribution is 2.25. The van der Waals surface area contributed by atoms with Crippen molar-refractivity contribution in [1.29, 1.82) is 5.26 Å². The molecule has 72 valence electrons. The molecule has 0 amide bonds. The van der Waals surface area contributed by atoms with Crippen LogP contribution in [0.5, 0.6) is 0 Å². The Morgan fingerprint density at radius 1 is 1.50 bits per heavy atom. The largest absolute Gasteiger partial charge is 0.294 e. The van der Waals surface area contributed by atoms with Crippen molar-refractivity contribution >= 4 is 5.78 Å². The third-order valence-electron chi connectivity index (χ3n) is 1.80. The summed E-state index contributed by atoms with van der Waals surface area (Å²) in [4.78, 5) is 11.1. The van der Waals surface area contributed by atoms with E-state index in [1.807, 2.05) is 0 Å². The fourth-order valence-electron chi connectivity index (χ4n) is 1.24.